The van der Waals surface area contributed by atoms with Gasteiger partial charge in [0, 0.05) is 61.3 Å². The summed E-state index contributed by atoms with van der Waals surface area (Å²) in [4.78, 5) is 45.8. The molecule has 39 heavy (non-hydrogen) atoms. The summed E-state index contributed by atoms with van der Waals surface area (Å²) in [5.41, 5.74) is 3.82. The van der Waals surface area contributed by atoms with Gasteiger partial charge < -0.3 is 19.1 Å². The van der Waals surface area contributed by atoms with Crippen LogP contribution in [0.25, 0.3) is 6.08 Å². The first-order valence-electron chi connectivity index (χ1n) is 12.7. The van der Waals surface area contributed by atoms with Gasteiger partial charge in [0.1, 0.15) is 5.82 Å². The molecule has 0 spiro atoms. The molecule has 1 unspecified atom stereocenters. The predicted molar refractivity (Wildman–Crippen MR) is 146 cm³/mol. The van der Waals surface area contributed by atoms with Crippen molar-refractivity contribution < 1.29 is 19.1 Å². The number of ether oxygens (including phenoxy) is 1. The Kier molecular flexibility index (Phi) is 6.79. The summed E-state index contributed by atoms with van der Waals surface area (Å²) >= 11 is 0. The van der Waals surface area contributed by atoms with E-state index in [1.807, 2.05) is 27.8 Å². The summed E-state index contributed by atoms with van der Waals surface area (Å²) in [6.07, 6.45) is 6.62. The van der Waals surface area contributed by atoms with Crippen LogP contribution >= 0.6 is 0 Å². The molecule has 9 nitrogen and oxygen atoms in total. The highest BCUT2D eigenvalue weighted by atomic mass is 16.5. The number of aromatic nitrogens is 2. The van der Waals surface area contributed by atoms with E-state index >= 15 is 0 Å². The van der Waals surface area contributed by atoms with Crippen molar-refractivity contribution in [3.05, 3.63) is 83.4 Å². The van der Waals surface area contributed by atoms with Gasteiger partial charge in [0.05, 0.1) is 24.7 Å². The standard InChI is InChI=1S/C30H29N5O4/c1-30(2)19-35(29(38)22-15-27(36)34(18-22)23-6-4-5-20(13-23)16-31)25-8-7-21(14-24(25)30)17-33-12-11-32-26(33)9-10-28(37)39-3/h4-14,22H,15,17-19H2,1-3H3/b10-9+. The molecule has 0 bridgehead atoms. The lowest BCUT2D eigenvalue weighted by molar-refractivity contribution is -0.134. The van der Waals surface area contributed by atoms with Gasteiger partial charge in [-0.15, -0.1) is 0 Å². The Balaban J connectivity index is 1.35. The summed E-state index contributed by atoms with van der Waals surface area (Å²) in [6, 6.07) is 15.1. The third kappa shape index (κ3) is 5.06. The molecule has 198 valence electrons. The average Bonchev–Trinajstić information content (AvgIpc) is 3.62. The minimum absolute atomic E-state index is 0.0632. The molecule has 9 heteroatoms. The molecule has 1 aromatic heterocycles. The van der Waals surface area contributed by atoms with Gasteiger partial charge in [-0.05, 0) is 41.5 Å². The number of nitrogens with zero attached hydrogens (tertiary/aromatic N) is 5. The highest BCUT2D eigenvalue weighted by Crippen LogP contribution is 2.42. The molecule has 1 atom stereocenters. The van der Waals surface area contributed by atoms with Gasteiger partial charge >= 0.3 is 5.97 Å². The van der Waals surface area contributed by atoms with Gasteiger partial charge in [0.15, 0.2) is 0 Å². The first kappa shape index (κ1) is 25.9. The van der Waals surface area contributed by atoms with E-state index in [1.165, 1.54) is 13.2 Å². The van der Waals surface area contributed by atoms with Crippen molar-refractivity contribution in [3.63, 3.8) is 0 Å². The molecule has 0 radical (unpaired) electrons. The number of imidazole rings is 1. The van der Waals surface area contributed by atoms with Crippen molar-refractivity contribution in [2.75, 3.05) is 30.0 Å². The Labute approximate surface area is 226 Å². The lowest BCUT2D eigenvalue weighted by Gasteiger charge is -2.23. The Morgan fingerprint density at radius 3 is 2.82 bits per heavy atom. The molecule has 0 aliphatic carbocycles. The largest absolute Gasteiger partial charge is 0.466 e. The molecule has 3 heterocycles. The monoisotopic (exact) mass is 523 g/mol. The maximum absolute atomic E-state index is 13.7. The van der Waals surface area contributed by atoms with Crippen LogP contribution in [0, 0.1) is 17.2 Å². The van der Waals surface area contributed by atoms with Gasteiger partial charge in [-0.1, -0.05) is 32.0 Å². The van der Waals surface area contributed by atoms with E-state index in [1.54, 1.807) is 41.4 Å². The van der Waals surface area contributed by atoms with Crippen LogP contribution in [0.15, 0.2) is 60.9 Å². The summed E-state index contributed by atoms with van der Waals surface area (Å²) in [5.74, 6) is -0.453. The van der Waals surface area contributed by atoms with Gasteiger partial charge in [0.2, 0.25) is 11.8 Å². The van der Waals surface area contributed by atoms with Gasteiger partial charge in [-0.3, -0.25) is 9.59 Å². The Morgan fingerprint density at radius 1 is 1.23 bits per heavy atom. The molecular formula is C30H29N5O4. The number of rotatable bonds is 6. The Hall–Kier alpha value is -4.71. The fourth-order valence-corrected chi connectivity index (χ4v) is 5.33. The van der Waals surface area contributed by atoms with E-state index in [0.717, 1.165) is 16.8 Å². The number of fused-ring (bicyclic) bond motifs is 1. The zero-order chi connectivity index (χ0) is 27.7. The highest BCUT2D eigenvalue weighted by Gasteiger charge is 2.43. The molecule has 0 saturated carbocycles. The third-order valence-electron chi connectivity index (χ3n) is 7.33. The molecule has 3 aromatic rings. The summed E-state index contributed by atoms with van der Waals surface area (Å²) < 4.78 is 6.60. The Morgan fingerprint density at radius 2 is 2.05 bits per heavy atom. The number of esters is 1. The minimum Gasteiger partial charge on any atom is -0.466 e. The molecule has 5 rings (SSSR count). The number of benzene rings is 2. The number of anilines is 2. The number of methoxy groups -OCH3 is 1. The maximum Gasteiger partial charge on any atom is 0.330 e. The molecular weight excluding hydrogens is 494 g/mol. The topological polar surface area (TPSA) is 109 Å². The van der Waals surface area contributed by atoms with Crippen molar-refractivity contribution in [2.24, 2.45) is 5.92 Å². The fourth-order valence-electron chi connectivity index (χ4n) is 5.33. The lowest BCUT2D eigenvalue weighted by Crippen LogP contribution is -2.39. The summed E-state index contributed by atoms with van der Waals surface area (Å²) in [6.45, 7) is 5.59. The number of hydrogen-bond acceptors (Lipinski definition) is 6. The first-order chi connectivity index (χ1) is 18.7. The molecule has 1 fully saturated rings. The van der Waals surface area contributed by atoms with Crippen LogP contribution in [0.2, 0.25) is 0 Å². The van der Waals surface area contributed by atoms with Crippen LogP contribution in [0.4, 0.5) is 11.4 Å². The van der Waals surface area contributed by atoms with Crippen molar-refractivity contribution in [1.82, 2.24) is 9.55 Å². The number of amides is 2. The maximum atomic E-state index is 13.7. The average molecular weight is 524 g/mol. The second-order valence-corrected chi connectivity index (χ2v) is 10.5. The van der Waals surface area contributed by atoms with E-state index in [4.69, 9.17) is 0 Å². The first-order valence-corrected chi connectivity index (χ1v) is 12.7. The van der Waals surface area contributed by atoms with Crippen molar-refractivity contribution >= 4 is 35.2 Å². The highest BCUT2D eigenvalue weighted by molar-refractivity contribution is 6.05. The number of nitriles is 1. The SMILES string of the molecule is COC(=O)/C=C/c1nccn1Cc1ccc2c(c1)C(C)(C)CN2C(=O)C1CC(=O)N(c2cccc(C#N)c2)C1. The number of carbonyl (C=O) groups is 3. The molecule has 2 aromatic carbocycles. The summed E-state index contributed by atoms with van der Waals surface area (Å²) in [5, 5.41) is 9.22. The number of carbonyl (C=O) groups excluding carboxylic acids is 3. The van der Waals surface area contributed by atoms with E-state index in [9.17, 15) is 19.6 Å². The number of hydrogen-bond donors (Lipinski definition) is 0. The molecule has 2 aliphatic rings. The second-order valence-electron chi connectivity index (χ2n) is 10.5. The molecule has 2 aliphatic heterocycles. The van der Waals surface area contributed by atoms with Crippen LogP contribution in [0.1, 0.15) is 42.8 Å². The molecule has 0 N–H and O–H groups in total. The van der Waals surface area contributed by atoms with Gasteiger partial charge in [0.25, 0.3) is 0 Å². The predicted octanol–water partition coefficient (Wildman–Crippen LogP) is 3.67. The van der Waals surface area contributed by atoms with Crippen LogP contribution in [-0.2, 0) is 31.1 Å². The normalized spacial score (nSPS) is 17.9. The second kappa shape index (κ2) is 10.2. The van der Waals surface area contributed by atoms with Crippen molar-refractivity contribution in [2.45, 2.75) is 32.2 Å². The van der Waals surface area contributed by atoms with Crippen molar-refractivity contribution in [1.29, 1.82) is 5.26 Å². The van der Waals surface area contributed by atoms with E-state index in [2.05, 4.69) is 35.7 Å². The van der Waals surface area contributed by atoms with Crippen LogP contribution < -0.4 is 9.80 Å². The minimum atomic E-state index is -0.459. The Bertz CT molecular complexity index is 1530. The smallest absolute Gasteiger partial charge is 0.330 e. The van der Waals surface area contributed by atoms with Crippen LogP contribution in [0.3, 0.4) is 0 Å². The lowest BCUT2D eigenvalue weighted by atomic mass is 9.86. The van der Waals surface area contributed by atoms with Crippen molar-refractivity contribution in [3.8, 4) is 6.07 Å². The van der Waals surface area contributed by atoms with E-state index in [0.29, 0.717) is 36.7 Å². The fraction of sp³-hybridized carbons (Fsp3) is 0.300. The van der Waals surface area contributed by atoms with Crippen LogP contribution in [-0.4, -0.2) is 47.5 Å². The molecule has 1 saturated heterocycles. The van der Waals surface area contributed by atoms with E-state index < -0.39 is 11.9 Å². The zero-order valence-electron chi connectivity index (χ0n) is 22.1. The third-order valence-corrected chi connectivity index (χ3v) is 7.33. The van der Waals surface area contributed by atoms with Gasteiger partial charge in [-0.2, -0.15) is 5.26 Å². The quantitative estimate of drug-likeness (QED) is 0.360. The van der Waals surface area contributed by atoms with Crippen LogP contribution in [0.5, 0.6) is 0 Å². The summed E-state index contributed by atoms with van der Waals surface area (Å²) in [7, 11) is 1.33. The zero-order valence-corrected chi connectivity index (χ0v) is 22.1. The van der Waals surface area contributed by atoms with E-state index in [-0.39, 0.29) is 23.7 Å². The molecule has 2 amide bonds. The van der Waals surface area contributed by atoms with Gasteiger partial charge in [-0.25, -0.2) is 9.78 Å².